The van der Waals surface area contributed by atoms with Gasteiger partial charge in [0.1, 0.15) is 17.6 Å². The van der Waals surface area contributed by atoms with E-state index < -0.39 is 9.84 Å². The fraction of sp³-hybridized carbons (Fsp3) is 0.588. The van der Waals surface area contributed by atoms with Crippen molar-refractivity contribution in [2.75, 3.05) is 36.8 Å². The zero-order chi connectivity index (χ0) is 17.9. The molecular formula is C17H22N4O3S. The van der Waals surface area contributed by atoms with Crippen LogP contribution >= 0.6 is 0 Å². The molecule has 2 aliphatic rings. The van der Waals surface area contributed by atoms with Gasteiger partial charge in [-0.3, -0.25) is 4.79 Å². The lowest BCUT2D eigenvalue weighted by Gasteiger charge is -2.35. The number of hydrogen-bond donors (Lipinski definition) is 0. The third kappa shape index (κ3) is 3.93. The Hall–Kier alpha value is -2.14. The maximum Gasteiger partial charge on any atom is 0.237 e. The number of aromatic nitrogens is 1. The molecule has 1 saturated carbocycles. The minimum Gasteiger partial charge on any atom is -0.352 e. The predicted molar refractivity (Wildman–Crippen MR) is 93.8 cm³/mol. The second-order valence-electron chi connectivity index (χ2n) is 6.57. The van der Waals surface area contributed by atoms with Crippen LogP contribution in [0.25, 0.3) is 0 Å². The summed E-state index contributed by atoms with van der Waals surface area (Å²) in [5, 5.41) is 8.83. The molecule has 0 spiro atoms. The number of nitrogens with zero attached hydrogens (tertiary/aromatic N) is 4. The molecule has 25 heavy (non-hydrogen) atoms. The summed E-state index contributed by atoms with van der Waals surface area (Å²) >= 11 is 0. The number of pyridine rings is 1. The number of carbonyl (C=O) groups excluding carboxylic acids is 1. The fourth-order valence-corrected chi connectivity index (χ4v) is 5.35. The van der Waals surface area contributed by atoms with Gasteiger partial charge in [-0.05, 0) is 25.0 Å². The second kappa shape index (κ2) is 7.40. The van der Waals surface area contributed by atoms with E-state index in [9.17, 15) is 18.5 Å². The van der Waals surface area contributed by atoms with E-state index in [0.717, 1.165) is 12.8 Å². The molecule has 0 atom stereocenters. The van der Waals surface area contributed by atoms with Gasteiger partial charge >= 0.3 is 0 Å². The van der Waals surface area contributed by atoms with Gasteiger partial charge in [0.05, 0.1) is 10.8 Å². The van der Waals surface area contributed by atoms with Crippen LogP contribution in [0.15, 0.2) is 18.3 Å². The van der Waals surface area contributed by atoms with Gasteiger partial charge in [0, 0.05) is 32.4 Å². The maximum absolute atomic E-state index is 12.4. The number of anilines is 1. The third-order valence-corrected chi connectivity index (χ3v) is 7.11. The van der Waals surface area contributed by atoms with Crippen LogP contribution in [0.5, 0.6) is 0 Å². The van der Waals surface area contributed by atoms with E-state index in [4.69, 9.17) is 0 Å². The van der Waals surface area contributed by atoms with Crippen LogP contribution in [-0.2, 0) is 14.6 Å². The highest BCUT2D eigenvalue weighted by Crippen LogP contribution is 2.25. The molecule has 0 bridgehead atoms. The number of hydrogen-bond acceptors (Lipinski definition) is 6. The highest BCUT2D eigenvalue weighted by Gasteiger charge is 2.33. The quantitative estimate of drug-likeness (QED) is 0.792. The molecule has 3 rings (SSSR count). The van der Waals surface area contributed by atoms with Crippen molar-refractivity contribution in [1.29, 1.82) is 5.26 Å². The Kier molecular flexibility index (Phi) is 5.23. The molecule has 0 N–H and O–H groups in total. The van der Waals surface area contributed by atoms with Crippen LogP contribution in [0.1, 0.15) is 31.2 Å². The number of piperazine rings is 1. The lowest BCUT2D eigenvalue weighted by Crippen LogP contribution is -2.51. The highest BCUT2D eigenvalue weighted by atomic mass is 32.2. The average molecular weight is 362 g/mol. The molecule has 0 unspecified atom stereocenters. The summed E-state index contributed by atoms with van der Waals surface area (Å²) in [6.45, 7) is 1.97. The lowest BCUT2D eigenvalue weighted by molar-refractivity contribution is -0.128. The normalized spacial score (nSPS) is 19.0. The first-order chi connectivity index (χ1) is 12.0. The molecule has 2 fully saturated rings. The van der Waals surface area contributed by atoms with Gasteiger partial charge in [0.2, 0.25) is 5.91 Å². The van der Waals surface area contributed by atoms with Crippen LogP contribution in [0, 0.1) is 11.3 Å². The lowest BCUT2D eigenvalue weighted by atomic mass is 10.2. The van der Waals surface area contributed by atoms with E-state index in [-0.39, 0.29) is 16.9 Å². The molecule has 1 aliphatic heterocycles. The number of rotatable bonds is 4. The van der Waals surface area contributed by atoms with Crippen molar-refractivity contribution in [2.45, 2.75) is 30.9 Å². The van der Waals surface area contributed by atoms with Crippen LogP contribution in [0.3, 0.4) is 0 Å². The van der Waals surface area contributed by atoms with Gasteiger partial charge in [-0.15, -0.1) is 0 Å². The molecule has 8 heteroatoms. The van der Waals surface area contributed by atoms with Crippen molar-refractivity contribution in [2.24, 2.45) is 0 Å². The van der Waals surface area contributed by atoms with E-state index in [2.05, 4.69) is 11.1 Å². The van der Waals surface area contributed by atoms with E-state index in [0.29, 0.717) is 50.4 Å². The maximum atomic E-state index is 12.4. The van der Waals surface area contributed by atoms with Crippen molar-refractivity contribution in [1.82, 2.24) is 9.88 Å². The van der Waals surface area contributed by atoms with E-state index in [1.54, 1.807) is 23.2 Å². The Morgan fingerprint density at radius 1 is 1.24 bits per heavy atom. The van der Waals surface area contributed by atoms with Crippen molar-refractivity contribution in [3.63, 3.8) is 0 Å². The van der Waals surface area contributed by atoms with Crippen molar-refractivity contribution in [3.05, 3.63) is 23.9 Å². The molecule has 2 heterocycles. The van der Waals surface area contributed by atoms with Crippen LogP contribution in [-0.4, -0.2) is 61.4 Å². The Morgan fingerprint density at radius 2 is 1.92 bits per heavy atom. The summed E-state index contributed by atoms with van der Waals surface area (Å²) in [5.74, 6) is -0.0752. The molecule has 1 aromatic rings. The first kappa shape index (κ1) is 17.7. The van der Waals surface area contributed by atoms with Gasteiger partial charge in [0.15, 0.2) is 9.84 Å². The summed E-state index contributed by atoms with van der Waals surface area (Å²) in [7, 11) is -3.35. The molecule has 1 aromatic heterocycles. The molecule has 134 valence electrons. The first-order valence-electron chi connectivity index (χ1n) is 8.60. The zero-order valence-electron chi connectivity index (χ0n) is 14.1. The number of sulfone groups is 1. The summed E-state index contributed by atoms with van der Waals surface area (Å²) in [6, 6.07) is 5.56. The van der Waals surface area contributed by atoms with E-state index in [1.165, 1.54) is 0 Å². The molecule has 0 aromatic carbocycles. The third-order valence-electron chi connectivity index (χ3n) is 4.97. The van der Waals surface area contributed by atoms with E-state index in [1.807, 2.05) is 4.90 Å². The molecule has 7 nitrogen and oxygen atoms in total. The van der Waals surface area contributed by atoms with Gasteiger partial charge in [-0.2, -0.15) is 5.26 Å². The summed E-state index contributed by atoms with van der Waals surface area (Å²) in [6.07, 6.45) is 4.87. The standard InChI is InChI=1S/C17H22N4O3S/c18-12-14-4-3-7-19-17(14)21-10-8-20(9-11-21)16(22)13-25(23,24)15-5-1-2-6-15/h3-4,7,15H,1-2,5-6,8-11,13H2. The number of nitriles is 1. The molecular weight excluding hydrogens is 340 g/mol. The van der Waals surface area contributed by atoms with Gasteiger partial charge in [-0.25, -0.2) is 13.4 Å². The zero-order valence-corrected chi connectivity index (χ0v) is 14.9. The number of carbonyl (C=O) groups is 1. The summed E-state index contributed by atoms with van der Waals surface area (Å²) < 4.78 is 24.7. The molecule has 1 saturated heterocycles. The van der Waals surface area contributed by atoms with Crippen molar-refractivity contribution < 1.29 is 13.2 Å². The van der Waals surface area contributed by atoms with E-state index >= 15 is 0 Å². The summed E-state index contributed by atoms with van der Waals surface area (Å²) in [5.41, 5.74) is 0.506. The minimum atomic E-state index is -3.35. The average Bonchev–Trinajstić information content (AvgIpc) is 3.17. The molecule has 1 amide bonds. The molecule has 1 aliphatic carbocycles. The predicted octanol–water partition coefficient (Wildman–Crippen LogP) is 0.959. The second-order valence-corrected chi connectivity index (χ2v) is 8.85. The van der Waals surface area contributed by atoms with Gasteiger partial charge in [-0.1, -0.05) is 12.8 Å². The Balaban J connectivity index is 1.58. The first-order valence-corrected chi connectivity index (χ1v) is 10.3. The van der Waals surface area contributed by atoms with Gasteiger partial charge < -0.3 is 9.80 Å². The monoisotopic (exact) mass is 362 g/mol. The highest BCUT2D eigenvalue weighted by molar-refractivity contribution is 7.92. The van der Waals surface area contributed by atoms with Crippen LogP contribution < -0.4 is 4.90 Å². The number of amides is 1. The SMILES string of the molecule is N#Cc1cccnc1N1CCN(C(=O)CS(=O)(=O)C2CCCC2)CC1. The Bertz CT molecular complexity index is 773. The Morgan fingerprint density at radius 3 is 2.56 bits per heavy atom. The minimum absolute atomic E-state index is 0.312. The topological polar surface area (TPSA) is 94.4 Å². The summed E-state index contributed by atoms with van der Waals surface area (Å²) in [4.78, 5) is 20.2. The molecule has 0 radical (unpaired) electrons. The smallest absolute Gasteiger partial charge is 0.237 e. The Labute approximate surface area is 148 Å². The van der Waals surface area contributed by atoms with Crippen molar-refractivity contribution >= 4 is 21.6 Å². The fourth-order valence-electron chi connectivity index (χ4n) is 3.53. The van der Waals surface area contributed by atoms with Crippen molar-refractivity contribution in [3.8, 4) is 6.07 Å². The largest absolute Gasteiger partial charge is 0.352 e. The van der Waals surface area contributed by atoms with Crippen LogP contribution in [0.2, 0.25) is 0 Å². The van der Waals surface area contributed by atoms with Gasteiger partial charge in [0.25, 0.3) is 0 Å². The van der Waals surface area contributed by atoms with Crippen LogP contribution in [0.4, 0.5) is 5.82 Å².